The van der Waals surface area contributed by atoms with Gasteiger partial charge in [-0.1, -0.05) is 0 Å². The second kappa shape index (κ2) is 7.24. The number of thiazole rings is 1. The Hall–Kier alpha value is -1.14. The van der Waals surface area contributed by atoms with E-state index in [9.17, 15) is 4.79 Å². The molecule has 1 heterocycles. The van der Waals surface area contributed by atoms with E-state index in [0.29, 0.717) is 13.1 Å². The number of rotatable bonds is 6. The van der Waals surface area contributed by atoms with Crippen molar-refractivity contribution in [2.75, 3.05) is 26.7 Å². The number of hydrogen-bond acceptors (Lipinski definition) is 4. The van der Waals surface area contributed by atoms with Crippen LogP contribution in [-0.2, 0) is 6.42 Å². The smallest absolute Gasteiger partial charge is 0.317 e. The minimum Gasteiger partial charge on any atom is -0.395 e. The predicted octanol–water partition coefficient (Wildman–Crippen LogP) is 1.02. The van der Waals surface area contributed by atoms with Gasteiger partial charge in [0.2, 0.25) is 0 Å². The first-order valence-corrected chi connectivity index (χ1v) is 6.52. The van der Waals surface area contributed by atoms with E-state index in [-0.39, 0.29) is 12.6 Å². The molecule has 1 aromatic rings. The molecule has 0 fully saturated rings. The van der Waals surface area contributed by atoms with Crippen molar-refractivity contribution < 1.29 is 9.90 Å². The highest BCUT2D eigenvalue weighted by atomic mass is 32.1. The predicted molar refractivity (Wildman–Crippen MR) is 68.3 cm³/mol. The number of amides is 2. The monoisotopic (exact) mass is 257 g/mol. The lowest BCUT2D eigenvalue weighted by Crippen LogP contribution is -2.39. The molecule has 17 heavy (non-hydrogen) atoms. The summed E-state index contributed by atoms with van der Waals surface area (Å²) in [4.78, 5) is 17.3. The summed E-state index contributed by atoms with van der Waals surface area (Å²) in [6.45, 7) is 2.96. The number of likely N-dealkylation sites (N-methyl/N-ethyl adjacent to an activating group) is 1. The summed E-state index contributed by atoms with van der Waals surface area (Å²) in [5, 5.41) is 14.6. The highest BCUT2D eigenvalue weighted by molar-refractivity contribution is 7.09. The molecule has 0 aromatic carbocycles. The van der Waals surface area contributed by atoms with Crippen molar-refractivity contribution in [3.63, 3.8) is 0 Å². The van der Waals surface area contributed by atoms with Gasteiger partial charge >= 0.3 is 6.03 Å². The van der Waals surface area contributed by atoms with E-state index in [2.05, 4.69) is 10.3 Å². The maximum Gasteiger partial charge on any atom is 0.317 e. The molecule has 6 heteroatoms. The van der Waals surface area contributed by atoms with E-state index in [1.807, 2.05) is 12.3 Å². The molecule has 0 aliphatic rings. The summed E-state index contributed by atoms with van der Waals surface area (Å²) in [7, 11) is 1.66. The molecule has 0 radical (unpaired) electrons. The standard InChI is InChI=1S/C11H19N3O2S/c1-9-8-17-10(13-9)4-3-5-12-11(16)14(2)6-7-15/h8,15H,3-7H2,1-2H3,(H,12,16). The fourth-order valence-corrected chi connectivity index (χ4v) is 2.16. The molecule has 0 saturated heterocycles. The Kier molecular flexibility index (Phi) is 5.93. The van der Waals surface area contributed by atoms with Crippen LogP contribution in [0.25, 0.3) is 0 Å². The number of nitrogens with one attached hydrogen (secondary N) is 1. The van der Waals surface area contributed by atoms with Crippen molar-refractivity contribution in [3.05, 3.63) is 16.1 Å². The highest BCUT2D eigenvalue weighted by Gasteiger charge is 2.06. The number of aromatic nitrogens is 1. The second-order valence-electron chi connectivity index (χ2n) is 3.86. The van der Waals surface area contributed by atoms with Crippen molar-refractivity contribution in [1.82, 2.24) is 15.2 Å². The summed E-state index contributed by atoms with van der Waals surface area (Å²) < 4.78 is 0. The Morgan fingerprint density at radius 1 is 1.65 bits per heavy atom. The molecule has 1 rings (SSSR count). The molecule has 0 atom stereocenters. The second-order valence-corrected chi connectivity index (χ2v) is 4.81. The molecule has 0 spiro atoms. The van der Waals surface area contributed by atoms with Crippen LogP contribution in [0.4, 0.5) is 4.79 Å². The zero-order valence-corrected chi connectivity index (χ0v) is 11.1. The molecule has 0 aliphatic heterocycles. The first-order chi connectivity index (χ1) is 8.13. The topological polar surface area (TPSA) is 65.5 Å². The van der Waals surface area contributed by atoms with Crippen LogP contribution in [0.1, 0.15) is 17.1 Å². The molecule has 2 N–H and O–H groups in total. The fourth-order valence-electron chi connectivity index (χ4n) is 1.34. The summed E-state index contributed by atoms with van der Waals surface area (Å²) >= 11 is 1.66. The van der Waals surface area contributed by atoms with Gasteiger partial charge in [0.1, 0.15) is 0 Å². The lowest BCUT2D eigenvalue weighted by molar-refractivity contribution is 0.190. The van der Waals surface area contributed by atoms with Gasteiger partial charge in [-0.25, -0.2) is 9.78 Å². The number of hydrogen-bond donors (Lipinski definition) is 2. The van der Waals surface area contributed by atoms with Gasteiger partial charge in [0.15, 0.2) is 0 Å². The van der Waals surface area contributed by atoms with Crippen LogP contribution in [0.5, 0.6) is 0 Å². The first-order valence-electron chi connectivity index (χ1n) is 5.64. The average molecular weight is 257 g/mol. The van der Waals surface area contributed by atoms with Crippen LogP contribution in [0.15, 0.2) is 5.38 Å². The molecule has 0 bridgehead atoms. The van der Waals surface area contributed by atoms with Gasteiger partial charge in [0.25, 0.3) is 0 Å². The molecule has 0 saturated carbocycles. The van der Waals surface area contributed by atoms with E-state index < -0.39 is 0 Å². The summed E-state index contributed by atoms with van der Waals surface area (Å²) in [5.74, 6) is 0. The van der Waals surface area contributed by atoms with Gasteiger partial charge < -0.3 is 15.3 Å². The van der Waals surface area contributed by atoms with Gasteiger partial charge in [-0.2, -0.15) is 0 Å². The summed E-state index contributed by atoms with van der Waals surface area (Å²) in [6.07, 6.45) is 1.77. The number of urea groups is 1. The molecule has 5 nitrogen and oxygen atoms in total. The third kappa shape index (κ3) is 5.14. The third-order valence-electron chi connectivity index (χ3n) is 2.29. The molecule has 1 aromatic heterocycles. The maximum absolute atomic E-state index is 11.4. The Labute approximate surface area is 105 Å². The van der Waals surface area contributed by atoms with Crippen molar-refractivity contribution in [2.24, 2.45) is 0 Å². The molecule has 2 amide bonds. The van der Waals surface area contributed by atoms with Gasteiger partial charge in [-0.15, -0.1) is 11.3 Å². The SMILES string of the molecule is Cc1csc(CCCNC(=O)N(C)CCO)n1. The van der Waals surface area contributed by atoms with Crippen molar-refractivity contribution in [1.29, 1.82) is 0 Å². The molecule has 0 aliphatic carbocycles. The largest absolute Gasteiger partial charge is 0.395 e. The Bertz CT molecular complexity index is 354. The van der Waals surface area contributed by atoms with Crippen molar-refractivity contribution >= 4 is 17.4 Å². The molecule has 0 unspecified atom stereocenters. The van der Waals surface area contributed by atoms with E-state index >= 15 is 0 Å². The van der Waals surface area contributed by atoms with E-state index in [4.69, 9.17) is 5.11 Å². The minimum atomic E-state index is -0.144. The number of nitrogens with zero attached hydrogens (tertiary/aromatic N) is 2. The fraction of sp³-hybridized carbons (Fsp3) is 0.636. The van der Waals surface area contributed by atoms with Crippen LogP contribution in [0.2, 0.25) is 0 Å². The lowest BCUT2D eigenvalue weighted by atomic mass is 10.3. The number of carbonyl (C=O) groups is 1. The van der Waals surface area contributed by atoms with Gasteiger partial charge in [0, 0.05) is 37.6 Å². The summed E-state index contributed by atoms with van der Waals surface area (Å²) in [6, 6.07) is -0.144. The van der Waals surface area contributed by atoms with Gasteiger partial charge in [-0.05, 0) is 13.3 Å². The number of aliphatic hydroxyl groups is 1. The van der Waals surface area contributed by atoms with Gasteiger partial charge in [-0.3, -0.25) is 0 Å². The average Bonchev–Trinajstić information content (AvgIpc) is 2.70. The van der Waals surface area contributed by atoms with Crippen LogP contribution < -0.4 is 5.32 Å². The Morgan fingerprint density at radius 3 is 3.00 bits per heavy atom. The van der Waals surface area contributed by atoms with Crippen molar-refractivity contribution in [3.8, 4) is 0 Å². The number of aryl methyl sites for hydroxylation is 2. The third-order valence-corrected chi connectivity index (χ3v) is 3.32. The zero-order chi connectivity index (χ0) is 12.7. The first kappa shape index (κ1) is 13.9. The van der Waals surface area contributed by atoms with E-state index in [1.165, 1.54) is 4.90 Å². The summed E-state index contributed by atoms with van der Waals surface area (Å²) in [5.41, 5.74) is 1.05. The highest BCUT2D eigenvalue weighted by Crippen LogP contribution is 2.10. The molecular weight excluding hydrogens is 238 g/mol. The Morgan fingerprint density at radius 2 is 2.41 bits per heavy atom. The maximum atomic E-state index is 11.4. The molecular formula is C11H19N3O2S. The van der Waals surface area contributed by atoms with Crippen LogP contribution in [0.3, 0.4) is 0 Å². The van der Waals surface area contributed by atoms with Gasteiger partial charge in [0.05, 0.1) is 11.6 Å². The minimum absolute atomic E-state index is 0.0116. The van der Waals surface area contributed by atoms with Crippen molar-refractivity contribution in [2.45, 2.75) is 19.8 Å². The van der Waals surface area contributed by atoms with Crippen LogP contribution >= 0.6 is 11.3 Å². The molecule has 96 valence electrons. The van der Waals surface area contributed by atoms with E-state index in [1.54, 1.807) is 18.4 Å². The Balaban J connectivity index is 2.13. The normalized spacial score (nSPS) is 10.3. The quantitative estimate of drug-likeness (QED) is 0.748. The zero-order valence-electron chi connectivity index (χ0n) is 10.3. The number of carbonyl (C=O) groups excluding carboxylic acids is 1. The van der Waals surface area contributed by atoms with Crippen LogP contribution in [0, 0.1) is 6.92 Å². The van der Waals surface area contributed by atoms with Crippen LogP contribution in [-0.4, -0.2) is 47.8 Å². The number of aliphatic hydroxyl groups excluding tert-OH is 1. The lowest BCUT2D eigenvalue weighted by Gasteiger charge is -2.16. The van der Waals surface area contributed by atoms with E-state index in [0.717, 1.165) is 23.5 Å².